The molecule has 2 rings (SSSR count). The third-order valence-electron chi connectivity index (χ3n) is 4.23. The molecule has 21 heavy (non-hydrogen) atoms. The summed E-state index contributed by atoms with van der Waals surface area (Å²) in [6.45, 7) is 10.1. The van der Waals surface area contributed by atoms with Crippen molar-refractivity contribution in [2.75, 3.05) is 32.7 Å². The largest absolute Gasteiger partial charge is 0.298 e. The summed E-state index contributed by atoms with van der Waals surface area (Å²) in [6.07, 6.45) is 2.79. The number of carbonyl (C=O) groups is 1. The smallest absolute Gasteiger partial charge is 0.146 e. The van der Waals surface area contributed by atoms with Gasteiger partial charge in [0, 0.05) is 39.1 Å². The first kappa shape index (κ1) is 16.2. The van der Waals surface area contributed by atoms with Crippen LogP contribution in [0.2, 0.25) is 0 Å². The molecule has 0 aliphatic carbocycles. The molecule has 0 unspecified atom stereocenters. The molecular formula is C18H28N2O. The van der Waals surface area contributed by atoms with Gasteiger partial charge < -0.3 is 0 Å². The monoisotopic (exact) mass is 288 g/mol. The second-order valence-corrected chi connectivity index (χ2v) is 6.01. The highest BCUT2D eigenvalue weighted by atomic mass is 16.1. The van der Waals surface area contributed by atoms with Crippen molar-refractivity contribution in [3.8, 4) is 0 Å². The molecule has 1 aromatic rings. The first-order valence-corrected chi connectivity index (χ1v) is 8.25. The van der Waals surface area contributed by atoms with Gasteiger partial charge in [-0.25, -0.2) is 0 Å². The third-order valence-corrected chi connectivity index (χ3v) is 4.23. The molecule has 1 aromatic carbocycles. The number of nitrogens with zero attached hydrogens (tertiary/aromatic N) is 2. The highest BCUT2D eigenvalue weighted by molar-refractivity contribution is 5.80. The topological polar surface area (TPSA) is 23.6 Å². The van der Waals surface area contributed by atoms with Gasteiger partial charge in [0.2, 0.25) is 0 Å². The van der Waals surface area contributed by atoms with Gasteiger partial charge >= 0.3 is 0 Å². The minimum atomic E-state index is 0.390. The average molecular weight is 288 g/mol. The van der Waals surface area contributed by atoms with E-state index in [1.807, 2.05) is 0 Å². The lowest BCUT2D eigenvalue weighted by atomic mass is 10.1. The van der Waals surface area contributed by atoms with Crippen molar-refractivity contribution in [1.82, 2.24) is 9.80 Å². The van der Waals surface area contributed by atoms with E-state index in [0.29, 0.717) is 12.3 Å². The van der Waals surface area contributed by atoms with E-state index in [4.69, 9.17) is 0 Å². The Morgan fingerprint density at radius 3 is 2.10 bits per heavy atom. The summed E-state index contributed by atoms with van der Waals surface area (Å²) in [4.78, 5) is 16.5. The highest BCUT2D eigenvalue weighted by Gasteiger charge is 2.18. The molecule has 0 aromatic heterocycles. The van der Waals surface area contributed by atoms with E-state index >= 15 is 0 Å². The molecule has 0 saturated carbocycles. The second-order valence-electron chi connectivity index (χ2n) is 6.01. The molecule has 0 radical (unpaired) electrons. The summed E-state index contributed by atoms with van der Waals surface area (Å²) in [5, 5.41) is 0. The van der Waals surface area contributed by atoms with E-state index in [2.05, 4.69) is 47.9 Å². The van der Waals surface area contributed by atoms with Gasteiger partial charge in [0.25, 0.3) is 0 Å². The van der Waals surface area contributed by atoms with Crippen LogP contribution in [0.3, 0.4) is 0 Å². The maximum Gasteiger partial charge on any atom is 0.146 e. The molecule has 0 atom stereocenters. The van der Waals surface area contributed by atoms with Crippen LogP contribution in [-0.4, -0.2) is 48.3 Å². The Labute approximate surface area is 128 Å². The lowest BCUT2D eigenvalue weighted by molar-refractivity contribution is -0.120. The first-order chi connectivity index (χ1) is 10.2. The van der Waals surface area contributed by atoms with Gasteiger partial charge in [-0.05, 0) is 24.0 Å². The molecule has 0 amide bonds. The molecule has 0 N–H and O–H groups in total. The van der Waals surface area contributed by atoms with E-state index in [-0.39, 0.29) is 0 Å². The summed E-state index contributed by atoms with van der Waals surface area (Å²) in [5.41, 5.74) is 2.79. The van der Waals surface area contributed by atoms with Crippen LogP contribution in [0, 0.1) is 0 Å². The number of hydrogen-bond donors (Lipinski definition) is 0. The van der Waals surface area contributed by atoms with E-state index < -0.39 is 0 Å². The SMILES string of the molecule is CCCC(=O)CN1CCN(Cc2ccc(CC)cc2)CC1. The van der Waals surface area contributed by atoms with Gasteiger partial charge in [-0.3, -0.25) is 14.6 Å². The Balaban J connectivity index is 1.74. The van der Waals surface area contributed by atoms with Crippen LogP contribution in [0.15, 0.2) is 24.3 Å². The Kier molecular flexibility index (Phi) is 6.40. The molecule has 1 saturated heterocycles. The molecule has 116 valence electrons. The zero-order chi connectivity index (χ0) is 15.1. The number of rotatable bonds is 7. The Morgan fingerprint density at radius 2 is 1.52 bits per heavy atom. The van der Waals surface area contributed by atoms with E-state index in [1.165, 1.54) is 11.1 Å². The maximum atomic E-state index is 11.7. The molecule has 0 spiro atoms. The molecule has 1 aliphatic rings. The molecule has 1 aliphatic heterocycles. The molecule has 0 bridgehead atoms. The Morgan fingerprint density at radius 1 is 0.952 bits per heavy atom. The number of benzene rings is 1. The van der Waals surface area contributed by atoms with E-state index in [9.17, 15) is 4.79 Å². The van der Waals surface area contributed by atoms with Gasteiger partial charge in [-0.15, -0.1) is 0 Å². The summed E-state index contributed by atoms with van der Waals surface area (Å²) < 4.78 is 0. The Bertz CT molecular complexity index is 433. The lowest BCUT2D eigenvalue weighted by Gasteiger charge is -2.34. The summed E-state index contributed by atoms with van der Waals surface area (Å²) in [5.74, 6) is 0.390. The number of piperazine rings is 1. The summed E-state index contributed by atoms with van der Waals surface area (Å²) >= 11 is 0. The van der Waals surface area contributed by atoms with Crippen LogP contribution >= 0.6 is 0 Å². The predicted molar refractivity (Wildman–Crippen MR) is 87.5 cm³/mol. The van der Waals surface area contributed by atoms with Gasteiger partial charge in [0.05, 0.1) is 6.54 Å². The van der Waals surface area contributed by atoms with Crippen LogP contribution < -0.4 is 0 Å². The minimum Gasteiger partial charge on any atom is -0.298 e. The van der Waals surface area contributed by atoms with Crippen LogP contribution in [0.4, 0.5) is 0 Å². The number of carbonyl (C=O) groups excluding carboxylic acids is 1. The van der Waals surface area contributed by atoms with Crippen molar-refractivity contribution in [3.63, 3.8) is 0 Å². The molecule has 1 heterocycles. The van der Waals surface area contributed by atoms with E-state index in [0.717, 1.165) is 52.0 Å². The fourth-order valence-corrected chi connectivity index (χ4v) is 2.85. The maximum absolute atomic E-state index is 11.7. The van der Waals surface area contributed by atoms with Crippen LogP contribution in [0.5, 0.6) is 0 Å². The van der Waals surface area contributed by atoms with Gasteiger partial charge in [0.15, 0.2) is 0 Å². The number of Topliss-reactive ketones (excluding diaryl/α,β-unsaturated/α-hetero) is 1. The zero-order valence-corrected chi connectivity index (χ0v) is 13.5. The third kappa shape index (κ3) is 5.25. The molecule has 1 fully saturated rings. The van der Waals surface area contributed by atoms with Crippen molar-refractivity contribution in [2.24, 2.45) is 0 Å². The van der Waals surface area contributed by atoms with Gasteiger partial charge in [-0.2, -0.15) is 0 Å². The Hall–Kier alpha value is -1.19. The van der Waals surface area contributed by atoms with Crippen molar-refractivity contribution in [2.45, 2.75) is 39.7 Å². The van der Waals surface area contributed by atoms with Crippen LogP contribution in [-0.2, 0) is 17.8 Å². The van der Waals surface area contributed by atoms with Crippen molar-refractivity contribution in [3.05, 3.63) is 35.4 Å². The molecule has 3 heteroatoms. The quantitative estimate of drug-likeness (QED) is 0.771. The fourth-order valence-electron chi connectivity index (χ4n) is 2.85. The van der Waals surface area contributed by atoms with Gasteiger partial charge in [-0.1, -0.05) is 38.1 Å². The zero-order valence-electron chi connectivity index (χ0n) is 13.5. The van der Waals surface area contributed by atoms with Crippen molar-refractivity contribution < 1.29 is 4.79 Å². The van der Waals surface area contributed by atoms with Crippen LogP contribution in [0.25, 0.3) is 0 Å². The lowest BCUT2D eigenvalue weighted by Crippen LogP contribution is -2.47. The minimum absolute atomic E-state index is 0.390. The van der Waals surface area contributed by atoms with Crippen molar-refractivity contribution >= 4 is 5.78 Å². The van der Waals surface area contributed by atoms with Crippen molar-refractivity contribution in [1.29, 1.82) is 0 Å². The number of hydrogen-bond acceptors (Lipinski definition) is 3. The normalized spacial score (nSPS) is 17.0. The predicted octanol–water partition coefficient (Wildman–Crippen LogP) is 2.74. The van der Waals surface area contributed by atoms with Gasteiger partial charge in [0.1, 0.15) is 5.78 Å². The average Bonchev–Trinajstić information content (AvgIpc) is 2.50. The second kappa shape index (κ2) is 8.30. The molecule has 3 nitrogen and oxygen atoms in total. The standard InChI is InChI=1S/C18H28N2O/c1-3-5-18(21)15-20-12-10-19(11-13-20)14-17-8-6-16(4-2)7-9-17/h6-9H,3-5,10-15H2,1-2H3. The highest BCUT2D eigenvalue weighted by Crippen LogP contribution is 2.10. The first-order valence-electron chi connectivity index (χ1n) is 8.25. The summed E-state index contributed by atoms with van der Waals surface area (Å²) in [6, 6.07) is 8.95. The van der Waals surface area contributed by atoms with E-state index in [1.54, 1.807) is 0 Å². The number of aryl methyl sites for hydroxylation is 1. The fraction of sp³-hybridized carbons (Fsp3) is 0.611. The van der Waals surface area contributed by atoms with Crippen LogP contribution in [0.1, 0.15) is 37.8 Å². The number of ketones is 1. The molecular weight excluding hydrogens is 260 g/mol. The summed E-state index contributed by atoms with van der Waals surface area (Å²) in [7, 11) is 0.